The van der Waals surface area contributed by atoms with Crippen molar-refractivity contribution in [3.8, 4) is 0 Å². The molecular weight excluding hydrogens is 1380 g/mol. The summed E-state index contributed by atoms with van der Waals surface area (Å²) >= 11 is 0. The maximum atomic E-state index is 2.81. The molecule has 0 radical (unpaired) electrons. The lowest BCUT2D eigenvalue weighted by Crippen LogP contribution is -2.64. The molecule has 0 saturated heterocycles. The third-order valence-corrected chi connectivity index (χ3v) is 29.7. The minimum atomic E-state index is 1.18. The van der Waals surface area contributed by atoms with E-state index in [1.807, 2.05) is 0 Å². The molecule has 6 atom stereocenters. The number of likely N-dealkylation sites (N-methyl/N-ethyl adjacent to an activating group) is 9. The zero-order valence-electron chi connectivity index (χ0n) is 83.4. The quantitative estimate of drug-likeness (QED) is 0.0421. The van der Waals surface area contributed by atoms with Crippen LogP contribution in [0, 0.1) is 0 Å². The van der Waals surface area contributed by atoms with E-state index in [0.29, 0.717) is 0 Å². The predicted molar refractivity (Wildman–Crippen MR) is 513 cm³/mol. The van der Waals surface area contributed by atoms with Gasteiger partial charge in [-0.15, -0.1) is 0 Å². The second-order valence-electron chi connectivity index (χ2n) is 43.2. The van der Waals surface area contributed by atoms with Gasteiger partial charge in [0.25, 0.3) is 0 Å². The minimum absolute atomic E-state index is 1.18. The van der Waals surface area contributed by atoms with Gasteiger partial charge in [0.2, 0.25) is 0 Å². The van der Waals surface area contributed by atoms with Crippen LogP contribution in [0.2, 0.25) is 0 Å². The summed E-state index contributed by atoms with van der Waals surface area (Å²) in [5.74, 6) is 0. The van der Waals surface area contributed by atoms with Crippen LogP contribution in [-0.2, 0) is 0 Å². The molecule has 0 bridgehead atoms. The van der Waals surface area contributed by atoms with Crippen molar-refractivity contribution in [3.63, 3.8) is 0 Å². The lowest BCUT2D eigenvalue weighted by molar-refractivity contribution is -1.02. The van der Waals surface area contributed by atoms with Crippen molar-refractivity contribution in [1.82, 2.24) is 0 Å². The highest BCUT2D eigenvalue weighted by Gasteiger charge is 2.39. The summed E-state index contributed by atoms with van der Waals surface area (Å²) in [5, 5.41) is 0. The molecule has 0 aromatic rings. The fraction of sp³-hybridized carbons (Fsp3) is 1.00. The van der Waals surface area contributed by atoms with E-state index in [0.717, 1.165) is 0 Å². The Hall–Kier alpha value is -0.360. The van der Waals surface area contributed by atoms with E-state index in [1.54, 1.807) is 0 Å². The molecule has 0 aliphatic rings. The summed E-state index contributed by atoms with van der Waals surface area (Å²) in [6, 6.07) is 0. The Balaban J connectivity index is 7.51. The van der Waals surface area contributed by atoms with Gasteiger partial charge >= 0.3 is 0 Å². The van der Waals surface area contributed by atoms with Gasteiger partial charge in [-0.3, -0.25) is 0 Å². The van der Waals surface area contributed by atoms with E-state index in [4.69, 9.17) is 0 Å². The molecule has 0 N–H and O–H groups in total. The number of nitrogens with zero attached hydrogens (tertiary/aromatic N) is 9. The lowest BCUT2D eigenvalue weighted by atomic mass is 10.1. The fourth-order valence-electron chi connectivity index (χ4n) is 18.5. The van der Waals surface area contributed by atoms with Crippen LogP contribution < -0.4 is 0 Å². The van der Waals surface area contributed by atoms with Crippen molar-refractivity contribution in [2.24, 2.45) is 0 Å². The summed E-state index contributed by atoms with van der Waals surface area (Å²) in [5.41, 5.74) is 0. The fourth-order valence-corrected chi connectivity index (χ4v) is 18.5. The standard InChI is InChI=1S/C104H228N9/c1-21-29-35-41-47-53-59-65-71-77-83-105(9,10)89-92-109(16,28-8)96-97-110(17,87-81-75-69-63-57-51-45-39-33-25-5)99-103-113(20,94-91-107(13,14)85-79-73-67-61-55-49-43-37-31-23-3)104-101-111(18,88-82-76-70-64-58-52-46-40-34-26-6)100-102-112(19,93-90-106(11,12)84-78-72-66-60-54-48-42-36-30-22-2)98-95-108(15,27-7)86-80-74-68-62-56-50-44-38-32-24-4/h21-104H2,1-20H3/q+9. The molecule has 0 aliphatic carbocycles. The van der Waals surface area contributed by atoms with Crippen molar-refractivity contribution in [2.45, 2.75) is 441 Å². The van der Waals surface area contributed by atoms with Crippen LogP contribution in [0.25, 0.3) is 0 Å². The number of hydrogen-bond acceptors (Lipinski definition) is 0. The minimum Gasteiger partial charge on any atom is -0.324 e. The Bertz CT molecular complexity index is 2000. The number of hydrogen-bond donors (Lipinski definition) is 0. The Morgan fingerprint density at radius 1 is 0.0973 bits per heavy atom. The van der Waals surface area contributed by atoms with Crippen molar-refractivity contribution in [1.29, 1.82) is 0 Å². The van der Waals surface area contributed by atoms with E-state index in [2.05, 4.69) is 140 Å². The predicted octanol–water partition coefficient (Wildman–Crippen LogP) is 27.5. The third-order valence-electron chi connectivity index (χ3n) is 29.7. The Morgan fingerprint density at radius 2 is 0.204 bits per heavy atom. The first-order valence-electron chi connectivity index (χ1n) is 52.6. The van der Waals surface area contributed by atoms with Crippen molar-refractivity contribution < 1.29 is 40.3 Å². The molecule has 0 aromatic heterocycles. The molecular formula is C104H228N9+9. The monoisotopic (exact) mass is 1600 g/mol. The van der Waals surface area contributed by atoms with E-state index >= 15 is 0 Å². The molecule has 0 fully saturated rings. The largest absolute Gasteiger partial charge is 0.324 e. The molecule has 0 rings (SSSR count). The number of unbranched alkanes of at least 4 members (excludes halogenated alkanes) is 54. The maximum absolute atomic E-state index is 2.81. The van der Waals surface area contributed by atoms with Gasteiger partial charge in [-0.1, -0.05) is 350 Å². The Labute approximate surface area is 718 Å². The van der Waals surface area contributed by atoms with Crippen LogP contribution in [0.4, 0.5) is 0 Å². The van der Waals surface area contributed by atoms with Gasteiger partial charge in [0.05, 0.1) is 137 Å². The molecule has 113 heavy (non-hydrogen) atoms. The van der Waals surface area contributed by atoms with E-state index in [9.17, 15) is 0 Å². The van der Waals surface area contributed by atoms with Crippen LogP contribution in [0.3, 0.4) is 0 Å². The highest BCUT2D eigenvalue weighted by Crippen LogP contribution is 2.24. The van der Waals surface area contributed by atoms with Crippen LogP contribution in [-0.4, -0.2) is 282 Å². The van der Waals surface area contributed by atoms with Crippen molar-refractivity contribution in [3.05, 3.63) is 0 Å². The van der Waals surface area contributed by atoms with E-state index in [1.165, 1.54) is 583 Å². The Kier molecular flexibility index (Phi) is 71.9. The third kappa shape index (κ3) is 68.8. The maximum Gasteiger partial charge on any atom is 0.129 e. The molecule has 0 aromatic carbocycles. The first-order chi connectivity index (χ1) is 54.1. The molecule has 0 saturated carbocycles. The van der Waals surface area contributed by atoms with Crippen molar-refractivity contribution >= 4 is 0 Å². The van der Waals surface area contributed by atoms with Crippen molar-refractivity contribution in [2.75, 3.05) is 242 Å². The normalized spacial score (nSPS) is 15.8. The molecule has 0 aliphatic heterocycles. The van der Waals surface area contributed by atoms with Crippen LogP contribution >= 0.6 is 0 Å². The lowest BCUT2D eigenvalue weighted by Gasteiger charge is -2.45. The van der Waals surface area contributed by atoms with E-state index < -0.39 is 0 Å². The van der Waals surface area contributed by atoms with Crippen LogP contribution in [0.5, 0.6) is 0 Å². The van der Waals surface area contributed by atoms with Crippen LogP contribution in [0.1, 0.15) is 441 Å². The van der Waals surface area contributed by atoms with Gasteiger partial charge in [-0.05, 0) is 90.9 Å². The van der Waals surface area contributed by atoms with Gasteiger partial charge in [-0.25, -0.2) is 0 Å². The molecule has 9 nitrogen and oxygen atoms in total. The van der Waals surface area contributed by atoms with Gasteiger partial charge in [-0.2, -0.15) is 0 Å². The summed E-state index contributed by atoms with van der Waals surface area (Å²) in [4.78, 5) is 0. The molecule has 0 amide bonds. The first-order valence-corrected chi connectivity index (χ1v) is 52.6. The second kappa shape index (κ2) is 72.1. The van der Waals surface area contributed by atoms with Gasteiger partial charge in [0, 0.05) is 0 Å². The highest BCUT2D eigenvalue weighted by atomic mass is 15.5. The molecule has 6 unspecified atom stereocenters. The molecule has 680 valence electrons. The number of rotatable bonds is 92. The topological polar surface area (TPSA) is 0 Å². The summed E-state index contributed by atoms with van der Waals surface area (Å²) < 4.78 is 11.0. The number of quaternary nitrogens is 9. The highest BCUT2D eigenvalue weighted by molar-refractivity contribution is 4.59. The zero-order chi connectivity index (χ0) is 83.9. The molecule has 9 heteroatoms. The first kappa shape index (κ1) is 113. The summed E-state index contributed by atoms with van der Waals surface area (Å²) in [6.07, 6.45) is 85.6. The SMILES string of the molecule is CCCCCCCCCCCC[N+](C)(C)CC[N+](C)(CC)CC[N+](C)(CCCCCCCCCCCC)CC[N+](C)(CC[N+](C)(C)CCCCCCCCCCCC)CC[N+](C)(CCCCCCCCCCCC)CC[N+](C)(CC[N+](C)(C)CCCCCCCCCCCC)CC[N+](C)(CC)CCCCCCCCCCCC. The zero-order valence-corrected chi connectivity index (χ0v) is 83.4. The Morgan fingerprint density at radius 3 is 0.372 bits per heavy atom. The summed E-state index contributed by atoms with van der Waals surface area (Å²) in [7, 11) is 32.1. The van der Waals surface area contributed by atoms with Gasteiger partial charge in [0.15, 0.2) is 0 Å². The van der Waals surface area contributed by atoms with Gasteiger partial charge in [0.1, 0.15) is 105 Å². The molecule has 0 spiro atoms. The average molecular weight is 1610 g/mol. The second-order valence-corrected chi connectivity index (χ2v) is 43.2. The average Bonchev–Trinajstić information content (AvgIpc) is 0.831. The smallest absolute Gasteiger partial charge is 0.129 e. The molecule has 0 heterocycles. The summed E-state index contributed by atoms with van der Waals surface area (Å²) in [6.45, 7) is 50.8. The van der Waals surface area contributed by atoms with E-state index in [-0.39, 0.29) is 0 Å². The van der Waals surface area contributed by atoms with Crippen LogP contribution in [0.15, 0.2) is 0 Å². The van der Waals surface area contributed by atoms with Gasteiger partial charge < -0.3 is 40.3 Å².